The molecule has 128 valence electrons. The fourth-order valence-electron chi connectivity index (χ4n) is 3.07. The van der Waals surface area contributed by atoms with Crippen molar-refractivity contribution in [2.45, 2.75) is 23.8 Å². The van der Waals surface area contributed by atoms with Gasteiger partial charge in [0.25, 0.3) is 0 Å². The average Bonchev–Trinajstić information content (AvgIpc) is 3.11. The summed E-state index contributed by atoms with van der Waals surface area (Å²) in [5.41, 5.74) is 1.10. The smallest absolute Gasteiger partial charge is 0.240 e. The lowest BCUT2D eigenvalue weighted by Crippen LogP contribution is -2.36. The molecule has 0 amide bonds. The molecule has 1 fully saturated rings. The first-order chi connectivity index (χ1) is 11.6. The molecule has 0 spiro atoms. The highest BCUT2D eigenvalue weighted by molar-refractivity contribution is 7.89. The van der Waals surface area contributed by atoms with Crippen molar-refractivity contribution in [1.82, 2.24) is 9.62 Å². The molecular weight excluding hydrogens is 327 g/mol. The zero-order valence-corrected chi connectivity index (χ0v) is 14.2. The third-order valence-electron chi connectivity index (χ3n) is 4.36. The Morgan fingerprint density at radius 2 is 1.62 bits per heavy atom. The maximum atomic E-state index is 13.0. The van der Waals surface area contributed by atoms with E-state index in [1.54, 1.807) is 0 Å². The number of nitrogens with zero attached hydrogens (tertiary/aromatic N) is 1. The minimum atomic E-state index is -3.65. The summed E-state index contributed by atoms with van der Waals surface area (Å²) in [6.45, 7) is 2.24. The van der Waals surface area contributed by atoms with Crippen molar-refractivity contribution in [2.75, 3.05) is 19.6 Å². The lowest BCUT2D eigenvalue weighted by atomic mass is 10.1. The zero-order valence-electron chi connectivity index (χ0n) is 13.4. The van der Waals surface area contributed by atoms with Gasteiger partial charge in [0, 0.05) is 12.6 Å². The van der Waals surface area contributed by atoms with Crippen molar-refractivity contribution < 1.29 is 12.8 Å². The van der Waals surface area contributed by atoms with E-state index < -0.39 is 15.8 Å². The van der Waals surface area contributed by atoms with Crippen LogP contribution >= 0.6 is 0 Å². The highest BCUT2D eigenvalue weighted by Gasteiger charge is 2.25. The first-order valence-corrected chi connectivity index (χ1v) is 9.59. The predicted octanol–water partition coefficient (Wildman–Crippen LogP) is 2.94. The first kappa shape index (κ1) is 17.1. The number of rotatable bonds is 6. The van der Waals surface area contributed by atoms with Crippen LogP contribution in [0, 0.1) is 5.82 Å². The Hall–Kier alpha value is -1.76. The summed E-state index contributed by atoms with van der Waals surface area (Å²) in [6, 6.07) is 14.8. The molecule has 0 bridgehead atoms. The maximum absolute atomic E-state index is 13.0. The predicted molar refractivity (Wildman–Crippen MR) is 91.6 cm³/mol. The summed E-state index contributed by atoms with van der Waals surface area (Å²) in [5, 5.41) is 0. The molecule has 1 atom stereocenters. The summed E-state index contributed by atoms with van der Waals surface area (Å²) in [5.74, 6) is -0.451. The van der Waals surface area contributed by atoms with Gasteiger partial charge in [0.05, 0.1) is 4.90 Å². The van der Waals surface area contributed by atoms with E-state index in [1.165, 1.54) is 12.1 Å². The van der Waals surface area contributed by atoms with Gasteiger partial charge in [-0.1, -0.05) is 30.3 Å². The summed E-state index contributed by atoms with van der Waals surface area (Å²) < 4.78 is 40.6. The number of halogens is 1. The molecule has 1 saturated heterocycles. The molecule has 0 aliphatic carbocycles. The fourth-order valence-corrected chi connectivity index (χ4v) is 4.11. The number of nitrogens with one attached hydrogen (secondary N) is 1. The second kappa shape index (κ2) is 7.42. The molecule has 1 N–H and O–H groups in total. The third-order valence-corrected chi connectivity index (χ3v) is 5.80. The SMILES string of the molecule is O=S(=O)(NCC(c1ccccc1)N1CCCC1)c1ccc(F)cc1. The second-order valence-corrected chi connectivity index (χ2v) is 7.74. The number of sulfonamides is 1. The summed E-state index contributed by atoms with van der Waals surface area (Å²) in [7, 11) is -3.65. The minimum absolute atomic E-state index is 0.00363. The van der Waals surface area contributed by atoms with E-state index in [0.717, 1.165) is 43.6 Å². The molecule has 2 aromatic rings. The van der Waals surface area contributed by atoms with Crippen LogP contribution < -0.4 is 4.72 Å². The van der Waals surface area contributed by atoms with Gasteiger partial charge < -0.3 is 0 Å². The molecule has 1 aliphatic rings. The quantitative estimate of drug-likeness (QED) is 0.873. The maximum Gasteiger partial charge on any atom is 0.240 e. The topological polar surface area (TPSA) is 49.4 Å². The van der Waals surface area contributed by atoms with E-state index in [4.69, 9.17) is 0 Å². The zero-order chi connectivity index (χ0) is 17.0. The molecule has 1 heterocycles. The van der Waals surface area contributed by atoms with Crippen LogP contribution in [0.3, 0.4) is 0 Å². The fraction of sp³-hybridized carbons (Fsp3) is 0.333. The van der Waals surface area contributed by atoms with Crippen LogP contribution in [0.25, 0.3) is 0 Å². The van der Waals surface area contributed by atoms with Gasteiger partial charge in [0.2, 0.25) is 10.0 Å². The van der Waals surface area contributed by atoms with Gasteiger partial charge in [-0.15, -0.1) is 0 Å². The molecule has 0 saturated carbocycles. The minimum Gasteiger partial charge on any atom is -0.295 e. The number of hydrogen-bond donors (Lipinski definition) is 1. The molecular formula is C18H21FN2O2S. The van der Waals surface area contributed by atoms with Crippen LogP contribution in [0.4, 0.5) is 4.39 Å². The molecule has 0 aromatic heterocycles. The van der Waals surface area contributed by atoms with E-state index in [9.17, 15) is 12.8 Å². The molecule has 1 aliphatic heterocycles. The molecule has 1 unspecified atom stereocenters. The van der Waals surface area contributed by atoms with E-state index in [0.29, 0.717) is 6.54 Å². The number of likely N-dealkylation sites (tertiary alicyclic amines) is 1. The Balaban J connectivity index is 1.76. The molecule has 4 nitrogen and oxygen atoms in total. The summed E-state index contributed by atoms with van der Waals surface area (Å²) in [6.07, 6.45) is 2.27. The van der Waals surface area contributed by atoms with Crippen LogP contribution in [0.5, 0.6) is 0 Å². The van der Waals surface area contributed by atoms with Crippen molar-refractivity contribution in [3.05, 3.63) is 66.0 Å². The monoisotopic (exact) mass is 348 g/mol. The van der Waals surface area contributed by atoms with E-state index >= 15 is 0 Å². The van der Waals surface area contributed by atoms with Gasteiger partial charge in [-0.2, -0.15) is 0 Å². The Bertz CT molecular complexity index is 757. The van der Waals surface area contributed by atoms with Crippen molar-refractivity contribution in [3.63, 3.8) is 0 Å². The largest absolute Gasteiger partial charge is 0.295 e. The van der Waals surface area contributed by atoms with Gasteiger partial charge in [-0.05, 0) is 55.8 Å². The van der Waals surface area contributed by atoms with Crippen LogP contribution in [0.1, 0.15) is 24.4 Å². The number of hydrogen-bond acceptors (Lipinski definition) is 3. The number of benzene rings is 2. The average molecular weight is 348 g/mol. The summed E-state index contributed by atoms with van der Waals surface area (Å²) >= 11 is 0. The van der Waals surface area contributed by atoms with Gasteiger partial charge in [-0.3, -0.25) is 4.90 Å². The lowest BCUT2D eigenvalue weighted by molar-refractivity contribution is 0.246. The van der Waals surface area contributed by atoms with Crippen LogP contribution in [-0.4, -0.2) is 33.0 Å². The van der Waals surface area contributed by atoms with E-state index in [-0.39, 0.29) is 10.9 Å². The molecule has 0 radical (unpaired) electrons. The lowest BCUT2D eigenvalue weighted by Gasteiger charge is -2.28. The van der Waals surface area contributed by atoms with Crippen molar-refractivity contribution in [1.29, 1.82) is 0 Å². The third kappa shape index (κ3) is 4.01. The molecule has 2 aromatic carbocycles. The normalized spacial score (nSPS) is 17.0. The Morgan fingerprint density at radius 3 is 2.25 bits per heavy atom. The second-order valence-electron chi connectivity index (χ2n) is 5.98. The van der Waals surface area contributed by atoms with Gasteiger partial charge in [0.15, 0.2) is 0 Å². The van der Waals surface area contributed by atoms with Gasteiger partial charge in [-0.25, -0.2) is 17.5 Å². The van der Waals surface area contributed by atoms with Gasteiger partial charge in [0.1, 0.15) is 5.82 Å². The Kier molecular flexibility index (Phi) is 5.28. The Morgan fingerprint density at radius 1 is 1.00 bits per heavy atom. The highest BCUT2D eigenvalue weighted by atomic mass is 32.2. The molecule has 6 heteroatoms. The summed E-state index contributed by atoms with van der Waals surface area (Å²) in [4.78, 5) is 2.39. The van der Waals surface area contributed by atoms with E-state index in [1.807, 2.05) is 30.3 Å². The molecule has 3 rings (SSSR count). The standard InChI is InChI=1S/C18H21FN2O2S/c19-16-8-10-17(11-9-16)24(22,23)20-14-18(21-12-4-5-13-21)15-6-2-1-3-7-15/h1-3,6-11,18,20H,4-5,12-14H2. The van der Waals surface area contributed by atoms with Gasteiger partial charge >= 0.3 is 0 Å². The van der Waals surface area contributed by atoms with Crippen LogP contribution in [-0.2, 0) is 10.0 Å². The highest BCUT2D eigenvalue weighted by Crippen LogP contribution is 2.25. The van der Waals surface area contributed by atoms with Crippen molar-refractivity contribution in [3.8, 4) is 0 Å². The van der Waals surface area contributed by atoms with Crippen molar-refractivity contribution in [2.24, 2.45) is 0 Å². The van der Waals surface area contributed by atoms with Crippen LogP contribution in [0.15, 0.2) is 59.5 Å². The molecule has 24 heavy (non-hydrogen) atoms. The Labute approximate surface area is 142 Å². The van der Waals surface area contributed by atoms with Crippen molar-refractivity contribution >= 4 is 10.0 Å². The first-order valence-electron chi connectivity index (χ1n) is 8.10. The van der Waals surface area contributed by atoms with E-state index in [2.05, 4.69) is 9.62 Å². The van der Waals surface area contributed by atoms with Crippen LogP contribution in [0.2, 0.25) is 0 Å².